The van der Waals surface area contributed by atoms with Crippen LogP contribution in [-0.4, -0.2) is 52.4 Å². The number of nitro groups is 2. The smallest absolute Gasteiger partial charge is 0.283 e. The Morgan fingerprint density at radius 1 is 0.957 bits per heavy atom. The molecule has 5 rings (SSSR count). The number of anilines is 1. The van der Waals surface area contributed by atoms with Crippen LogP contribution in [0.4, 0.5) is 17.2 Å². The summed E-state index contributed by atoms with van der Waals surface area (Å²) in [6.45, 7) is 2.15. The number of ether oxygens (including phenoxy) is 1. The van der Waals surface area contributed by atoms with Crippen LogP contribution in [-0.2, 0) is 9.53 Å². The number of para-hydroxylation sites is 2. The predicted molar refractivity (Wildman–Crippen MR) is 188 cm³/mol. The highest BCUT2D eigenvalue weighted by Gasteiger charge is 2.38. The molecule has 2 aromatic carbocycles. The maximum Gasteiger partial charge on any atom is 0.283 e. The number of rotatable bonds is 17. The second-order valence-electron chi connectivity index (χ2n) is 10.7. The lowest BCUT2D eigenvalue weighted by Gasteiger charge is -2.17. The van der Waals surface area contributed by atoms with Crippen molar-refractivity contribution in [2.45, 2.75) is 79.2 Å². The molecule has 0 radical (unpaired) electrons. The standard InChI is InChI=1S/C30H33N7O6S4/c1-2-3-4-5-6-15-26(38)34-29-28-30(32-18-31-29)35(19-33-28)27-16-25(47-46-24-14-10-8-12-21(24)37(41)42)22(43-27)17-44-45-23-13-9-7-11-20(23)36(39)40/h7-14,18-19,22,25,27H,2-6,15-17H2,1H3,(H,31,32,34,38)/t22-,25+,27-/m1/s1. The highest BCUT2D eigenvalue weighted by molar-refractivity contribution is 8.77. The van der Waals surface area contributed by atoms with Gasteiger partial charge in [0.15, 0.2) is 17.0 Å². The second-order valence-corrected chi connectivity index (χ2v) is 15.5. The van der Waals surface area contributed by atoms with E-state index >= 15 is 0 Å². The Labute approximate surface area is 286 Å². The van der Waals surface area contributed by atoms with Gasteiger partial charge in [0.25, 0.3) is 11.4 Å². The van der Waals surface area contributed by atoms with Crippen molar-refractivity contribution < 1.29 is 19.4 Å². The lowest BCUT2D eigenvalue weighted by Crippen LogP contribution is -2.20. The molecule has 1 N–H and O–H groups in total. The number of hydrogen-bond acceptors (Lipinski definition) is 13. The average Bonchev–Trinajstić information content (AvgIpc) is 3.68. The molecule has 0 saturated carbocycles. The van der Waals surface area contributed by atoms with Crippen LogP contribution in [0.5, 0.6) is 0 Å². The van der Waals surface area contributed by atoms with Crippen LogP contribution < -0.4 is 5.32 Å². The van der Waals surface area contributed by atoms with E-state index in [0.29, 0.717) is 45.4 Å². The van der Waals surface area contributed by atoms with Gasteiger partial charge < -0.3 is 10.1 Å². The number of fused-ring (bicyclic) bond motifs is 1. The van der Waals surface area contributed by atoms with Crippen molar-refractivity contribution in [2.24, 2.45) is 0 Å². The van der Waals surface area contributed by atoms with Crippen LogP contribution >= 0.6 is 43.2 Å². The van der Waals surface area contributed by atoms with E-state index in [2.05, 4.69) is 27.2 Å². The van der Waals surface area contributed by atoms with Crippen molar-refractivity contribution in [1.29, 1.82) is 0 Å². The highest BCUT2D eigenvalue weighted by Crippen LogP contribution is 2.48. The van der Waals surface area contributed by atoms with Crippen molar-refractivity contribution in [3.05, 3.63) is 81.4 Å². The van der Waals surface area contributed by atoms with Crippen LogP contribution in [0.25, 0.3) is 11.2 Å². The van der Waals surface area contributed by atoms with E-state index in [1.165, 1.54) is 61.6 Å². The SMILES string of the molecule is CCCCCCCC(=O)Nc1ncnc2c1ncn2[C@H]1C[C@H](SSc2ccccc2[N+](=O)[O-])[C@@H](CSSc2ccccc2[N+](=O)[O-])O1. The molecule has 13 nitrogen and oxygen atoms in total. The molecule has 3 heterocycles. The van der Waals surface area contributed by atoms with Gasteiger partial charge in [0.1, 0.15) is 12.6 Å². The molecule has 1 amide bonds. The molecular weight excluding hydrogens is 683 g/mol. The number of hydrogen-bond donors (Lipinski definition) is 1. The summed E-state index contributed by atoms with van der Waals surface area (Å²) in [5, 5.41) is 25.9. The fourth-order valence-corrected chi connectivity index (χ4v) is 10.4. The third kappa shape index (κ3) is 9.16. The highest BCUT2D eigenvalue weighted by atomic mass is 33.1. The van der Waals surface area contributed by atoms with Gasteiger partial charge >= 0.3 is 0 Å². The molecule has 0 aliphatic carbocycles. The summed E-state index contributed by atoms with van der Waals surface area (Å²) in [5.74, 6) is 0.727. The van der Waals surface area contributed by atoms with Crippen LogP contribution in [0, 0.1) is 20.2 Å². The first-order valence-electron chi connectivity index (χ1n) is 15.1. The Kier molecular flexibility index (Phi) is 12.7. The van der Waals surface area contributed by atoms with Gasteiger partial charge in [-0.1, -0.05) is 100 Å². The van der Waals surface area contributed by atoms with E-state index in [1.807, 2.05) is 4.57 Å². The zero-order valence-electron chi connectivity index (χ0n) is 25.4. The summed E-state index contributed by atoms with van der Waals surface area (Å²) in [6, 6.07) is 13.2. The van der Waals surface area contributed by atoms with Crippen molar-refractivity contribution in [3.8, 4) is 0 Å². The first kappa shape index (κ1) is 34.9. The van der Waals surface area contributed by atoms with Crippen LogP contribution in [0.1, 0.15) is 58.1 Å². The number of amides is 1. The number of nitrogens with one attached hydrogen (secondary N) is 1. The van der Waals surface area contributed by atoms with Gasteiger partial charge in [-0.05, 0) is 18.6 Å². The van der Waals surface area contributed by atoms with E-state index < -0.39 is 16.1 Å². The van der Waals surface area contributed by atoms with E-state index in [4.69, 9.17) is 4.74 Å². The fraction of sp³-hybridized carbons (Fsp3) is 0.400. The minimum Gasteiger partial charge on any atom is -0.353 e. The molecule has 0 unspecified atom stereocenters. The minimum atomic E-state index is -0.456. The van der Waals surface area contributed by atoms with Crippen LogP contribution in [0.15, 0.2) is 71.0 Å². The molecule has 1 aliphatic heterocycles. The fourth-order valence-electron chi connectivity index (χ4n) is 5.00. The number of aromatic nitrogens is 4. The molecule has 1 saturated heterocycles. The van der Waals surface area contributed by atoms with Crippen LogP contribution in [0.2, 0.25) is 0 Å². The van der Waals surface area contributed by atoms with Crippen molar-refractivity contribution in [1.82, 2.24) is 19.5 Å². The molecule has 1 aliphatic rings. The first-order valence-corrected chi connectivity index (χ1v) is 19.6. The Balaban J connectivity index is 1.30. The number of nitrogens with zero attached hydrogens (tertiary/aromatic N) is 6. The summed E-state index contributed by atoms with van der Waals surface area (Å²) in [6.07, 6.45) is 8.43. The summed E-state index contributed by atoms with van der Waals surface area (Å²) >= 11 is 0. The van der Waals surface area contributed by atoms with Gasteiger partial charge in [-0.15, -0.1) is 0 Å². The number of nitro benzene ring substituents is 2. The third-order valence-corrected chi connectivity index (χ3v) is 12.7. The summed E-state index contributed by atoms with van der Waals surface area (Å²) in [7, 11) is 5.58. The van der Waals surface area contributed by atoms with E-state index in [0.717, 1.165) is 32.1 Å². The largest absolute Gasteiger partial charge is 0.353 e. The summed E-state index contributed by atoms with van der Waals surface area (Å²) < 4.78 is 8.37. The van der Waals surface area contributed by atoms with E-state index in [-0.39, 0.29) is 28.6 Å². The van der Waals surface area contributed by atoms with E-state index in [9.17, 15) is 25.0 Å². The zero-order chi connectivity index (χ0) is 33.2. The van der Waals surface area contributed by atoms with Gasteiger partial charge in [-0.2, -0.15) is 0 Å². The topological polar surface area (TPSA) is 168 Å². The number of unbranched alkanes of at least 4 members (excludes halogenated alkanes) is 4. The number of benzene rings is 2. The van der Waals surface area contributed by atoms with Gasteiger partial charge in [0.05, 0.1) is 32.1 Å². The maximum atomic E-state index is 12.6. The third-order valence-electron chi connectivity index (χ3n) is 7.38. The minimum absolute atomic E-state index is 0.0335. The zero-order valence-corrected chi connectivity index (χ0v) is 28.7. The molecule has 47 heavy (non-hydrogen) atoms. The normalized spacial score (nSPS) is 17.6. The molecule has 3 atom stereocenters. The quantitative estimate of drug-likeness (QED) is 0.0479. The molecule has 1 fully saturated rings. The first-order chi connectivity index (χ1) is 22.9. The van der Waals surface area contributed by atoms with Crippen molar-refractivity contribution in [2.75, 3.05) is 11.1 Å². The molecule has 0 bridgehead atoms. The molecule has 0 spiro atoms. The molecule has 2 aromatic heterocycles. The molecule has 17 heteroatoms. The average molecular weight is 716 g/mol. The van der Waals surface area contributed by atoms with Gasteiger partial charge in [0, 0.05) is 36.0 Å². The Bertz CT molecular complexity index is 1710. The van der Waals surface area contributed by atoms with Crippen LogP contribution in [0.3, 0.4) is 0 Å². The molecule has 248 valence electrons. The molecular formula is C30H33N7O6S4. The Morgan fingerprint density at radius 3 is 2.34 bits per heavy atom. The summed E-state index contributed by atoms with van der Waals surface area (Å²) in [5.41, 5.74) is 1.04. The van der Waals surface area contributed by atoms with Gasteiger partial charge in [0.2, 0.25) is 5.91 Å². The van der Waals surface area contributed by atoms with Crippen molar-refractivity contribution in [3.63, 3.8) is 0 Å². The Morgan fingerprint density at radius 2 is 1.64 bits per heavy atom. The number of carbonyl (C=O) groups excluding carboxylic acids is 1. The van der Waals surface area contributed by atoms with E-state index in [1.54, 1.807) is 42.7 Å². The number of carbonyl (C=O) groups is 1. The van der Waals surface area contributed by atoms with Gasteiger partial charge in [-0.25, -0.2) is 15.0 Å². The Hall–Kier alpha value is -3.38. The maximum absolute atomic E-state index is 12.6. The van der Waals surface area contributed by atoms with Gasteiger partial charge in [-0.3, -0.25) is 29.6 Å². The summed E-state index contributed by atoms with van der Waals surface area (Å²) in [4.78, 5) is 49.3. The second kappa shape index (κ2) is 17.1. The lowest BCUT2D eigenvalue weighted by molar-refractivity contribution is -0.387. The lowest BCUT2D eigenvalue weighted by atomic mass is 10.1. The predicted octanol–water partition coefficient (Wildman–Crippen LogP) is 8.48. The molecule has 4 aromatic rings. The number of imidazole rings is 1. The monoisotopic (exact) mass is 715 g/mol. The van der Waals surface area contributed by atoms with Crippen molar-refractivity contribution >= 4 is 77.4 Å².